The molecule has 7 nitrogen and oxygen atoms in total. The minimum atomic E-state index is -1.01. The van der Waals surface area contributed by atoms with E-state index >= 15 is 0 Å². The van der Waals surface area contributed by atoms with Crippen molar-refractivity contribution >= 4 is 11.9 Å². The van der Waals surface area contributed by atoms with Crippen LogP contribution in [0.15, 0.2) is 45.4 Å². The molecule has 0 aliphatic carbocycles. The Morgan fingerprint density at radius 3 is 2.67 bits per heavy atom. The molecular formula is C21H20F2N2O5. The second-order valence-electron chi connectivity index (χ2n) is 6.57. The second-order valence-corrected chi connectivity index (χ2v) is 6.57. The number of furan rings is 1. The van der Waals surface area contributed by atoms with E-state index in [-0.39, 0.29) is 37.7 Å². The van der Waals surface area contributed by atoms with Crippen molar-refractivity contribution in [3.05, 3.63) is 65.2 Å². The third-order valence-electron chi connectivity index (χ3n) is 4.47. The Hall–Kier alpha value is -3.49. The van der Waals surface area contributed by atoms with Crippen molar-refractivity contribution in [1.82, 2.24) is 9.88 Å². The van der Waals surface area contributed by atoms with Gasteiger partial charge in [0.1, 0.15) is 5.76 Å². The highest BCUT2D eigenvalue weighted by Crippen LogP contribution is 2.23. The Labute approximate surface area is 171 Å². The molecule has 30 heavy (non-hydrogen) atoms. The topological polar surface area (TPSA) is 85.8 Å². The molecule has 0 fully saturated rings. The number of hydrogen-bond donors (Lipinski definition) is 0. The summed E-state index contributed by atoms with van der Waals surface area (Å²) in [7, 11) is 1.25. The van der Waals surface area contributed by atoms with Gasteiger partial charge in [-0.15, -0.1) is 0 Å². The Kier molecular flexibility index (Phi) is 6.61. The lowest BCUT2D eigenvalue weighted by atomic mass is 10.1. The Morgan fingerprint density at radius 2 is 2.00 bits per heavy atom. The fourth-order valence-corrected chi connectivity index (χ4v) is 2.83. The van der Waals surface area contributed by atoms with Gasteiger partial charge in [0.25, 0.3) is 5.89 Å². The van der Waals surface area contributed by atoms with E-state index in [0.717, 1.165) is 12.1 Å². The summed E-state index contributed by atoms with van der Waals surface area (Å²) in [6.07, 6.45) is 1.35. The minimum absolute atomic E-state index is 0.00499. The highest BCUT2D eigenvalue weighted by atomic mass is 19.2. The fraction of sp³-hybridized carbons (Fsp3) is 0.286. The normalized spacial score (nSPS) is 10.8. The molecule has 0 aliphatic rings. The van der Waals surface area contributed by atoms with E-state index in [9.17, 15) is 18.4 Å². The maximum absolute atomic E-state index is 13.6. The Morgan fingerprint density at radius 1 is 1.20 bits per heavy atom. The third-order valence-corrected chi connectivity index (χ3v) is 4.47. The van der Waals surface area contributed by atoms with Crippen molar-refractivity contribution in [1.29, 1.82) is 0 Å². The molecule has 2 aromatic heterocycles. The predicted octanol–water partition coefficient (Wildman–Crippen LogP) is 3.66. The van der Waals surface area contributed by atoms with E-state index in [4.69, 9.17) is 8.83 Å². The summed E-state index contributed by atoms with van der Waals surface area (Å²) in [4.78, 5) is 30.1. The molecule has 1 aromatic carbocycles. The first-order valence-electron chi connectivity index (χ1n) is 9.16. The number of rotatable bonds is 8. The predicted molar refractivity (Wildman–Crippen MR) is 101 cm³/mol. The molecule has 0 aliphatic heterocycles. The minimum Gasteiger partial charge on any atom is -0.469 e. The maximum Gasteiger partial charge on any atom is 0.307 e. The van der Waals surface area contributed by atoms with Gasteiger partial charge in [-0.05, 0) is 36.8 Å². The van der Waals surface area contributed by atoms with Crippen LogP contribution >= 0.6 is 0 Å². The lowest BCUT2D eigenvalue weighted by Crippen LogP contribution is -2.34. The molecule has 0 radical (unpaired) electrons. The molecule has 0 saturated heterocycles. The van der Waals surface area contributed by atoms with Gasteiger partial charge < -0.3 is 18.5 Å². The van der Waals surface area contributed by atoms with E-state index in [2.05, 4.69) is 9.72 Å². The number of ether oxygens (including phenoxy) is 1. The second kappa shape index (κ2) is 9.34. The van der Waals surface area contributed by atoms with Crippen LogP contribution in [0.4, 0.5) is 8.78 Å². The molecular weight excluding hydrogens is 398 g/mol. The first-order valence-corrected chi connectivity index (χ1v) is 9.16. The summed E-state index contributed by atoms with van der Waals surface area (Å²) < 4.78 is 42.2. The van der Waals surface area contributed by atoms with Gasteiger partial charge in [0.2, 0.25) is 5.91 Å². The van der Waals surface area contributed by atoms with Crippen molar-refractivity contribution in [2.45, 2.75) is 26.3 Å². The molecule has 1 amide bonds. The number of hydrogen-bond acceptors (Lipinski definition) is 6. The summed E-state index contributed by atoms with van der Waals surface area (Å²) in [5, 5.41) is 0. The van der Waals surface area contributed by atoms with Gasteiger partial charge in [-0.3, -0.25) is 9.59 Å². The van der Waals surface area contributed by atoms with Crippen molar-refractivity contribution in [2.24, 2.45) is 0 Å². The number of amides is 1. The van der Waals surface area contributed by atoms with Crippen molar-refractivity contribution in [2.75, 3.05) is 13.7 Å². The number of halogens is 2. The van der Waals surface area contributed by atoms with Crippen LogP contribution in [0, 0.1) is 18.6 Å². The van der Waals surface area contributed by atoms with Crippen LogP contribution in [-0.4, -0.2) is 35.4 Å². The molecule has 158 valence electrons. The van der Waals surface area contributed by atoms with Crippen molar-refractivity contribution < 1.29 is 31.9 Å². The molecule has 9 heteroatoms. The van der Waals surface area contributed by atoms with Gasteiger partial charge in [-0.2, -0.15) is 0 Å². The number of aryl methyl sites for hydroxylation is 1. The van der Waals surface area contributed by atoms with Crippen molar-refractivity contribution in [3.63, 3.8) is 0 Å². The Balaban J connectivity index is 1.77. The van der Waals surface area contributed by atoms with Crippen LogP contribution in [0.1, 0.15) is 23.4 Å². The number of methoxy groups -OCH3 is 1. The van der Waals surface area contributed by atoms with Gasteiger partial charge in [-0.25, -0.2) is 13.8 Å². The number of nitrogens with zero attached hydrogens (tertiary/aromatic N) is 2. The SMILES string of the molecule is COC(=O)CCN(Cc1ccc(F)c(F)c1)C(=O)Cc1nc(-c2ccco2)oc1C. The standard InChI is InChI=1S/C21H20F2N2O5/c1-13-17(24-21(30-13)18-4-3-9-29-18)11-19(26)25(8-7-20(27)28-2)12-14-5-6-15(22)16(23)10-14/h3-6,9-10H,7-8,11-12H2,1-2H3. The van der Waals surface area contributed by atoms with E-state index in [1.54, 1.807) is 19.1 Å². The van der Waals surface area contributed by atoms with E-state index in [1.165, 1.54) is 24.3 Å². The zero-order valence-corrected chi connectivity index (χ0v) is 16.5. The molecule has 0 saturated carbocycles. The van der Waals surface area contributed by atoms with E-state index in [0.29, 0.717) is 22.8 Å². The van der Waals surface area contributed by atoms with Crippen LogP contribution in [-0.2, 0) is 27.3 Å². The monoisotopic (exact) mass is 418 g/mol. The maximum atomic E-state index is 13.6. The number of benzene rings is 1. The molecule has 0 N–H and O–H groups in total. The first kappa shape index (κ1) is 21.2. The summed E-state index contributed by atoms with van der Waals surface area (Å²) in [5.41, 5.74) is 0.806. The zero-order chi connectivity index (χ0) is 21.7. The Bertz CT molecular complexity index is 1030. The summed E-state index contributed by atoms with van der Waals surface area (Å²) >= 11 is 0. The smallest absolute Gasteiger partial charge is 0.307 e. The van der Waals surface area contributed by atoms with Gasteiger partial charge in [0, 0.05) is 13.1 Å². The zero-order valence-electron chi connectivity index (χ0n) is 16.5. The van der Waals surface area contributed by atoms with Crippen LogP contribution in [0.3, 0.4) is 0 Å². The number of carbonyl (C=O) groups excluding carboxylic acids is 2. The third kappa shape index (κ3) is 5.11. The summed E-state index contributed by atoms with van der Waals surface area (Å²) in [6.45, 7) is 1.72. The highest BCUT2D eigenvalue weighted by Gasteiger charge is 2.21. The summed E-state index contributed by atoms with van der Waals surface area (Å²) in [6, 6.07) is 6.76. The molecule has 2 heterocycles. The lowest BCUT2D eigenvalue weighted by molar-refractivity contribution is -0.141. The molecule has 0 spiro atoms. The van der Waals surface area contributed by atoms with Gasteiger partial charge in [-0.1, -0.05) is 6.07 Å². The lowest BCUT2D eigenvalue weighted by Gasteiger charge is -2.22. The molecule has 3 rings (SSSR count). The number of carbonyl (C=O) groups is 2. The van der Waals surface area contributed by atoms with Crippen LogP contribution in [0.2, 0.25) is 0 Å². The highest BCUT2D eigenvalue weighted by molar-refractivity contribution is 5.79. The van der Waals surface area contributed by atoms with Gasteiger partial charge in [0.05, 0.1) is 31.9 Å². The average Bonchev–Trinajstić information content (AvgIpc) is 3.37. The first-order chi connectivity index (χ1) is 14.4. The van der Waals surface area contributed by atoms with Gasteiger partial charge in [0.15, 0.2) is 17.4 Å². The number of oxazole rings is 1. The molecule has 0 unspecified atom stereocenters. The molecule has 0 atom stereocenters. The average molecular weight is 418 g/mol. The van der Waals surface area contributed by atoms with E-state index in [1.807, 2.05) is 0 Å². The summed E-state index contributed by atoms with van der Waals surface area (Å²) in [5.74, 6) is -1.70. The fourth-order valence-electron chi connectivity index (χ4n) is 2.83. The number of esters is 1. The van der Waals surface area contributed by atoms with E-state index < -0.39 is 17.6 Å². The van der Waals surface area contributed by atoms with Crippen LogP contribution < -0.4 is 0 Å². The molecule has 3 aromatic rings. The van der Waals surface area contributed by atoms with Crippen LogP contribution in [0.5, 0.6) is 0 Å². The quantitative estimate of drug-likeness (QED) is 0.519. The van der Waals surface area contributed by atoms with Crippen molar-refractivity contribution in [3.8, 4) is 11.7 Å². The largest absolute Gasteiger partial charge is 0.469 e. The van der Waals surface area contributed by atoms with Crippen LogP contribution in [0.25, 0.3) is 11.7 Å². The number of aromatic nitrogens is 1. The van der Waals surface area contributed by atoms with Gasteiger partial charge >= 0.3 is 5.97 Å². The molecule has 0 bridgehead atoms.